The molecule has 0 aromatic carbocycles. The summed E-state index contributed by atoms with van der Waals surface area (Å²) in [6.07, 6.45) is 9.34. The first-order valence-corrected chi connectivity index (χ1v) is 11.0. The average molecular weight is 430 g/mol. The third-order valence-electron chi connectivity index (χ3n) is 6.14. The highest BCUT2D eigenvalue weighted by Gasteiger charge is 2.17. The number of piperazine rings is 1. The molecular weight excluding hydrogens is 402 g/mol. The molecule has 0 atom stereocenters. The first kappa shape index (κ1) is 20.4. The number of aromatic nitrogens is 4. The van der Waals surface area contributed by atoms with E-state index in [0.29, 0.717) is 22.5 Å². The normalized spacial score (nSPS) is 16.9. The highest BCUT2D eigenvalue weighted by atomic mass is 16.1. The van der Waals surface area contributed by atoms with Gasteiger partial charge in [-0.15, -0.1) is 0 Å². The third kappa shape index (κ3) is 3.89. The van der Waals surface area contributed by atoms with Crippen LogP contribution in [0.15, 0.2) is 52.7 Å². The Labute approximate surface area is 186 Å². The van der Waals surface area contributed by atoms with Crippen molar-refractivity contribution in [1.82, 2.24) is 25.3 Å². The van der Waals surface area contributed by atoms with E-state index < -0.39 is 0 Å². The molecule has 1 aliphatic carbocycles. The van der Waals surface area contributed by atoms with Gasteiger partial charge in [0.25, 0.3) is 0 Å². The summed E-state index contributed by atoms with van der Waals surface area (Å²) in [5, 5.41) is 7.01. The summed E-state index contributed by atoms with van der Waals surface area (Å²) in [4.78, 5) is 32.1. The molecule has 1 aliphatic heterocycles. The fraction of sp³-hybridized carbons (Fsp3) is 0.333. The van der Waals surface area contributed by atoms with Crippen molar-refractivity contribution in [3.63, 3.8) is 0 Å². The molecule has 3 N–H and O–H groups in total. The number of rotatable bonds is 4. The lowest BCUT2D eigenvalue weighted by Gasteiger charge is -2.28. The van der Waals surface area contributed by atoms with Gasteiger partial charge in [-0.1, -0.05) is 11.6 Å². The van der Waals surface area contributed by atoms with Gasteiger partial charge in [-0.3, -0.25) is 4.79 Å². The summed E-state index contributed by atoms with van der Waals surface area (Å²) >= 11 is 0. The van der Waals surface area contributed by atoms with Gasteiger partial charge in [-0.2, -0.15) is 4.98 Å². The van der Waals surface area contributed by atoms with E-state index in [1.165, 1.54) is 5.57 Å². The highest BCUT2D eigenvalue weighted by Crippen LogP contribution is 2.31. The maximum atomic E-state index is 13.2. The van der Waals surface area contributed by atoms with Gasteiger partial charge in [0.1, 0.15) is 11.5 Å². The molecule has 0 bridgehead atoms. The van der Waals surface area contributed by atoms with Crippen LogP contribution in [0.2, 0.25) is 0 Å². The fourth-order valence-electron chi connectivity index (χ4n) is 4.44. The van der Waals surface area contributed by atoms with Gasteiger partial charge in [-0.25, -0.2) is 9.97 Å². The molecule has 4 heterocycles. The van der Waals surface area contributed by atoms with Gasteiger partial charge in [0.15, 0.2) is 5.43 Å². The van der Waals surface area contributed by atoms with Crippen LogP contribution < -0.4 is 21.0 Å². The van der Waals surface area contributed by atoms with Crippen LogP contribution in [0.1, 0.15) is 32.3 Å². The Hall–Kier alpha value is -3.52. The molecule has 2 aliphatic rings. The van der Waals surface area contributed by atoms with Gasteiger partial charge >= 0.3 is 0 Å². The lowest BCUT2D eigenvalue weighted by atomic mass is 9.88. The second-order valence-electron chi connectivity index (χ2n) is 8.34. The molecule has 3 aromatic rings. The standard InChI is InChI=1S/C24H27N7O/c1-15-4-3-5-16(2)21(15)18-13-27-23-19(22(18)32)14-28-24(30-23)29-17-6-7-20(26-12-17)31-10-8-25-9-11-31/h4,6-7,12-14,25H,3,5,8-11H2,1-2H3,(H2,27,28,29,30,32). The quantitative estimate of drug-likeness (QED) is 0.585. The number of nitrogens with zero attached hydrogens (tertiary/aromatic N) is 4. The van der Waals surface area contributed by atoms with Crippen molar-refractivity contribution in [3.8, 4) is 0 Å². The smallest absolute Gasteiger partial charge is 0.229 e. The molecule has 0 radical (unpaired) electrons. The zero-order valence-corrected chi connectivity index (χ0v) is 18.4. The second-order valence-corrected chi connectivity index (χ2v) is 8.34. The first-order valence-electron chi connectivity index (χ1n) is 11.0. The molecule has 8 heteroatoms. The average Bonchev–Trinajstić information content (AvgIpc) is 2.81. The molecule has 8 nitrogen and oxygen atoms in total. The summed E-state index contributed by atoms with van der Waals surface area (Å²) in [6.45, 7) is 8.01. The zero-order valence-electron chi connectivity index (χ0n) is 18.4. The Morgan fingerprint density at radius 1 is 1.09 bits per heavy atom. The Morgan fingerprint density at radius 3 is 2.69 bits per heavy atom. The van der Waals surface area contributed by atoms with Crippen LogP contribution in [0.4, 0.5) is 17.5 Å². The van der Waals surface area contributed by atoms with Gasteiger partial charge in [0, 0.05) is 44.1 Å². The molecule has 0 spiro atoms. The molecule has 5 rings (SSSR count). The van der Waals surface area contributed by atoms with Crippen LogP contribution in [-0.2, 0) is 0 Å². The van der Waals surface area contributed by atoms with Crippen LogP contribution in [-0.4, -0.2) is 46.1 Å². The summed E-state index contributed by atoms with van der Waals surface area (Å²) in [6, 6.07) is 3.97. The van der Waals surface area contributed by atoms with E-state index in [0.717, 1.165) is 61.7 Å². The Morgan fingerprint density at radius 2 is 1.94 bits per heavy atom. The molecule has 0 saturated carbocycles. The largest absolute Gasteiger partial charge is 0.354 e. The van der Waals surface area contributed by atoms with Gasteiger partial charge in [0.2, 0.25) is 5.95 Å². The number of pyridine rings is 2. The van der Waals surface area contributed by atoms with Crippen LogP contribution in [0, 0.1) is 0 Å². The number of aromatic amines is 1. The van der Waals surface area contributed by atoms with Crippen molar-refractivity contribution in [2.24, 2.45) is 0 Å². The van der Waals surface area contributed by atoms with Crippen molar-refractivity contribution in [2.75, 3.05) is 36.4 Å². The van der Waals surface area contributed by atoms with Crippen molar-refractivity contribution >= 4 is 34.1 Å². The molecule has 32 heavy (non-hydrogen) atoms. The fourth-order valence-corrected chi connectivity index (χ4v) is 4.44. The molecule has 3 aromatic heterocycles. The number of anilines is 3. The topological polar surface area (TPSA) is 98.8 Å². The summed E-state index contributed by atoms with van der Waals surface area (Å²) in [5.41, 5.74) is 5.37. The summed E-state index contributed by atoms with van der Waals surface area (Å²) < 4.78 is 0. The minimum absolute atomic E-state index is 0.0451. The maximum absolute atomic E-state index is 13.2. The highest BCUT2D eigenvalue weighted by molar-refractivity contribution is 5.86. The maximum Gasteiger partial charge on any atom is 0.229 e. The van der Waals surface area contributed by atoms with Crippen molar-refractivity contribution in [3.05, 3.63) is 63.7 Å². The molecule has 164 valence electrons. The number of H-pyrrole nitrogens is 1. The predicted molar refractivity (Wildman–Crippen MR) is 128 cm³/mol. The number of hydrogen-bond acceptors (Lipinski definition) is 7. The van der Waals surface area contributed by atoms with Crippen LogP contribution in [0.25, 0.3) is 16.6 Å². The first-order chi connectivity index (χ1) is 15.6. The summed E-state index contributed by atoms with van der Waals surface area (Å²) in [5.74, 6) is 1.38. The van der Waals surface area contributed by atoms with E-state index in [2.05, 4.69) is 55.4 Å². The van der Waals surface area contributed by atoms with E-state index in [1.807, 2.05) is 12.1 Å². The van der Waals surface area contributed by atoms with Crippen molar-refractivity contribution in [1.29, 1.82) is 0 Å². The molecular formula is C24H27N7O. The van der Waals surface area contributed by atoms with E-state index in [4.69, 9.17) is 0 Å². The van der Waals surface area contributed by atoms with E-state index in [1.54, 1.807) is 18.6 Å². The third-order valence-corrected chi connectivity index (χ3v) is 6.14. The molecule has 0 amide bonds. The Bertz CT molecular complexity index is 1270. The molecule has 1 fully saturated rings. The second kappa shape index (κ2) is 8.55. The molecule has 0 unspecified atom stereocenters. The predicted octanol–water partition coefficient (Wildman–Crippen LogP) is 3.38. The van der Waals surface area contributed by atoms with Crippen LogP contribution >= 0.6 is 0 Å². The van der Waals surface area contributed by atoms with E-state index in [-0.39, 0.29) is 5.43 Å². The minimum atomic E-state index is -0.0451. The Balaban J connectivity index is 1.39. The van der Waals surface area contributed by atoms with Gasteiger partial charge in [0.05, 0.1) is 17.3 Å². The van der Waals surface area contributed by atoms with Crippen molar-refractivity contribution < 1.29 is 0 Å². The SMILES string of the molecule is CC1=CCCC(C)=C1c1c[nH]c2nc(Nc3ccc(N4CCNCC4)nc3)ncc2c1=O. The summed E-state index contributed by atoms with van der Waals surface area (Å²) in [7, 11) is 0. The van der Waals surface area contributed by atoms with Gasteiger partial charge in [-0.05, 0) is 50.0 Å². The van der Waals surface area contributed by atoms with Gasteiger partial charge < -0.3 is 20.5 Å². The number of allylic oxidation sites excluding steroid dienone is 4. The van der Waals surface area contributed by atoms with Crippen molar-refractivity contribution in [2.45, 2.75) is 26.7 Å². The number of fused-ring (bicyclic) bond motifs is 1. The van der Waals surface area contributed by atoms with Crippen LogP contribution in [0.3, 0.4) is 0 Å². The van der Waals surface area contributed by atoms with E-state index >= 15 is 0 Å². The lowest BCUT2D eigenvalue weighted by molar-refractivity contribution is 0.585. The Kier molecular flexibility index (Phi) is 5.45. The lowest BCUT2D eigenvalue weighted by Crippen LogP contribution is -2.43. The van der Waals surface area contributed by atoms with E-state index in [9.17, 15) is 4.79 Å². The number of hydrogen-bond donors (Lipinski definition) is 3. The minimum Gasteiger partial charge on any atom is -0.354 e. The monoisotopic (exact) mass is 429 g/mol. The molecule has 1 saturated heterocycles. The zero-order chi connectivity index (χ0) is 22.1. The van der Waals surface area contributed by atoms with Crippen LogP contribution in [0.5, 0.6) is 0 Å². The number of nitrogens with one attached hydrogen (secondary N) is 3.